The molecular formula is C16H26N2. The molecule has 0 aromatic heterocycles. The van der Waals surface area contributed by atoms with Gasteiger partial charge in [0.15, 0.2) is 0 Å². The zero-order chi connectivity index (χ0) is 12.8. The average Bonchev–Trinajstić information content (AvgIpc) is 2.91. The van der Waals surface area contributed by atoms with E-state index in [1.54, 1.807) is 0 Å². The van der Waals surface area contributed by atoms with Gasteiger partial charge in [0.1, 0.15) is 0 Å². The van der Waals surface area contributed by atoms with Crippen molar-refractivity contribution in [1.82, 2.24) is 10.2 Å². The lowest BCUT2D eigenvalue weighted by molar-refractivity contribution is 0.242. The highest BCUT2D eigenvalue weighted by Gasteiger charge is 2.22. The molecule has 2 heteroatoms. The van der Waals surface area contributed by atoms with Crippen LogP contribution in [0.2, 0.25) is 0 Å². The standard InChI is InChI=1S/C16H26N2/c1-3-6-14-7-9-15(10-8-14)16(13-17-2)18-11-4-5-12-18/h7-10,16-17H,3-6,11-13H2,1-2H3. The monoisotopic (exact) mass is 246 g/mol. The summed E-state index contributed by atoms with van der Waals surface area (Å²) in [5.74, 6) is 0. The van der Waals surface area contributed by atoms with Crippen LogP contribution in [0.15, 0.2) is 24.3 Å². The largest absolute Gasteiger partial charge is 0.318 e. The molecular weight excluding hydrogens is 220 g/mol. The fourth-order valence-electron chi connectivity index (χ4n) is 2.90. The first-order valence-electron chi connectivity index (χ1n) is 7.32. The second kappa shape index (κ2) is 6.91. The first kappa shape index (κ1) is 13.6. The summed E-state index contributed by atoms with van der Waals surface area (Å²) in [5.41, 5.74) is 2.93. The molecule has 1 aromatic rings. The summed E-state index contributed by atoms with van der Waals surface area (Å²) in [6.07, 6.45) is 5.13. The molecule has 2 nitrogen and oxygen atoms in total. The quantitative estimate of drug-likeness (QED) is 0.830. The first-order chi connectivity index (χ1) is 8.85. The van der Waals surface area contributed by atoms with Crippen LogP contribution in [0.1, 0.15) is 43.4 Å². The van der Waals surface area contributed by atoms with Gasteiger partial charge < -0.3 is 5.32 Å². The summed E-state index contributed by atoms with van der Waals surface area (Å²) in [4.78, 5) is 2.62. The summed E-state index contributed by atoms with van der Waals surface area (Å²) < 4.78 is 0. The Hall–Kier alpha value is -0.860. The van der Waals surface area contributed by atoms with Crippen molar-refractivity contribution >= 4 is 0 Å². The Labute approximate surface area is 111 Å². The minimum absolute atomic E-state index is 0.549. The van der Waals surface area contributed by atoms with Crippen LogP contribution in [-0.2, 0) is 6.42 Å². The van der Waals surface area contributed by atoms with Crippen LogP contribution >= 0.6 is 0 Å². The molecule has 2 rings (SSSR count). The highest BCUT2D eigenvalue weighted by Crippen LogP contribution is 2.25. The Bertz CT molecular complexity index is 339. The van der Waals surface area contributed by atoms with Gasteiger partial charge >= 0.3 is 0 Å². The van der Waals surface area contributed by atoms with Crippen molar-refractivity contribution in [2.75, 3.05) is 26.7 Å². The van der Waals surface area contributed by atoms with E-state index >= 15 is 0 Å². The van der Waals surface area contributed by atoms with Crippen molar-refractivity contribution < 1.29 is 0 Å². The predicted octanol–water partition coefficient (Wildman–Crippen LogP) is 3.00. The number of nitrogens with one attached hydrogen (secondary N) is 1. The Kier molecular flexibility index (Phi) is 5.21. The number of rotatable bonds is 6. The maximum atomic E-state index is 3.34. The van der Waals surface area contributed by atoms with Gasteiger partial charge in [-0.2, -0.15) is 0 Å². The van der Waals surface area contributed by atoms with E-state index < -0.39 is 0 Å². The Morgan fingerprint density at radius 1 is 1.17 bits per heavy atom. The fourth-order valence-corrected chi connectivity index (χ4v) is 2.90. The number of benzene rings is 1. The van der Waals surface area contributed by atoms with E-state index in [0.717, 1.165) is 6.54 Å². The van der Waals surface area contributed by atoms with Crippen molar-refractivity contribution in [2.45, 2.75) is 38.6 Å². The molecule has 1 unspecified atom stereocenters. The lowest BCUT2D eigenvalue weighted by atomic mass is 10.0. The second-order valence-electron chi connectivity index (χ2n) is 5.31. The van der Waals surface area contributed by atoms with E-state index in [-0.39, 0.29) is 0 Å². The number of likely N-dealkylation sites (N-methyl/N-ethyl adjacent to an activating group) is 1. The van der Waals surface area contributed by atoms with Gasteiger partial charge in [-0.15, -0.1) is 0 Å². The molecule has 0 amide bonds. The highest BCUT2D eigenvalue weighted by atomic mass is 15.2. The fraction of sp³-hybridized carbons (Fsp3) is 0.625. The Balaban J connectivity index is 2.09. The van der Waals surface area contributed by atoms with Gasteiger partial charge in [0, 0.05) is 12.6 Å². The van der Waals surface area contributed by atoms with Gasteiger partial charge in [-0.1, -0.05) is 37.6 Å². The number of aryl methyl sites for hydroxylation is 1. The minimum atomic E-state index is 0.549. The maximum absolute atomic E-state index is 3.34. The maximum Gasteiger partial charge on any atom is 0.0472 e. The third-order valence-electron chi connectivity index (χ3n) is 3.88. The van der Waals surface area contributed by atoms with E-state index in [4.69, 9.17) is 0 Å². The molecule has 0 spiro atoms. The average molecular weight is 246 g/mol. The molecule has 1 aliphatic heterocycles. The van der Waals surface area contributed by atoms with Crippen LogP contribution in [0.3, 0.4) is 0 Å². The molecule has 1 saturated heterocycles. The van der Waals surface area contributed by atoms with Crippen LogP contribution in [0.4, 0.5) is 0 Å². The highest BCUT2D eigenvalue weighted by molar-refractivity contribution is 5.25. The van der Waals surface area contributed by atoms with E-state index in [2.05, 4.69) is 48.5 Å². The van der Waals surface area contributed by atoms with Crippen molar-refractivity contribution in [1.29, 1.82) is 0 Å². The molecule has 100 valence electrons. The Morgan fingerprint density at radius 2 is 1.83 bits per heavy atom. The zero-order valence-electron chi connectivity index (χ0n) is 11.8. The van der Waals surface area contributed by atoms with Crippen LogP contribution in [0.25, 0.3) is 0 Å². The molecule has 1 fully saturated rings. The number of nitrogens with zero attached hydrogens (tertiary/aromatic N) is 1. The van der Waals surface area contributed by atoms with Crippen molar-refractivity contribution in [2.24, 2.45) is 0 Å². The van der Waals surface area contributed by atoms with Crippen LogP contribution in [0.5, 0.6) is 0 Å². The zero-order valence-corrected chi connectivity index (χ0v) is 11.8. The van der Waals surface area contributed by atoms with Gasteiger partial charge in [0.2, 0.25) is 0 Å². The van der Waals surface area contributed by atoms with Crippen LogP contribution in [-0.4, -0.2) is 31.6 Å². The number of hydrogen-bond acceptors (Lipinski definition) is 2. The topological polar surface area (TPSA) is 15.3 Å². The lowest BCUT2D eigenvalue weighted by Crippen LogP contribution is -2.32. The molecule has 0 radical (unpaired) electrons. The third-order valence-corrected chi connectivity index (χ3v) is 3.88. The molecule has 0 bridgehead atoms. The summed E-state index contributed by atoms with van der Waals surface area (Å²) >= 11 is 0. The summed E-state index contributed by atoms with van der Waals surface area (Å²) in [5, 5.41) is 3.34. The van der Waals surface area contributed by atoms with E-state index in [0.29, 0.717) is 6.04 Å². The summed E-state index contributed by atoms with van der Waals surface area (Å²) in [7, 11) is 2.05. The number of likely N-dealkylation sites (tertiary alicyclic amines) is 1. The van der Waals surface area contributed by atoms with Crippen molar-refractivity contribution in [3.8, 4) is 0 Å². The van der Waals surface area contributed by atoms with Gasteiger partial charge in [0.25, 0.3) is 0 Å². The smallest absolute Gasteiger partial charge is 0.0472 e. The van der Waals surface area contributed by atoms with Gasteiger partial charge in [-0.05, 0) is 50.5 Å². The number of hydrogen-bond donors (Lipinski definition) is 1. The first-order valence-corrected chi connectivity index (χ1v) is 7.32. The molecule has 0 saturated carbocycles. The van der Waals surface area contributed by atoms with Crippen molar-refractivity contribution in [3.05, 3.63) is 35.4 Å². The SMILES string of the molecule is CCCc1ccc(C(CNC)N2CCCC2)cc1. The van der Waals surface area contributed by atoms with Crippen LogP contribution < -0.4 is 5.32 Å². The van der Waals surface area contributed by atoms with Crippen molar-refractivity contribution in [3.63, 3.8) is 0 Å². The van der Waals surface area contributed by atoms with Gasteiger partial charge in [0.05, 0.1) is 0 Å². The summed E-state index contributed by atoms with van der Waals surface area (Å²) in [6.45, 7) is 5.79. The molecule has 1 heterocycles. The third kappa shape index (κ3) is 3.33. The minimum Gasteiger partial charge on any atom is -0.318 e. The van der Waals surface area contributed by atoms with E-state index in [1.165, 1.54) is 49.9 Å². The summed E-state index contributed by atoms with van der Waals surface area (Å²) in [6, 6.07) is 9.80. The normalized spacial score (nSPS) is 18.1. The molecule has 1 aliphatic rings. The van der Waals surface area contributed by atoms with Crippen LogP contribution in [0, 0.1) is 0 Å². The van der Waals surface area contributed by atoms with Gasteiger partial charge in [-0.3, -0.25) is 4.90 Å². The lowest BCUT2D eigenvalue weighted by Gasteiger charge is -2.28. The molecule has 1 N–H and O–H groups in total. The Morgan fingerprint density at radius 3 is 2.39 bits per heavy atom. The van der Waals surface area contributed by atoms with Gasteiger partial charge in [-0.25, -0.2) is 0 Å². The molecule has 1 aromatic carbocycles. The second-order valence-corrected chi connectivity index (χ2v) is 5.31. The molecule has 0 aliphatic carbocycles. The predicted molar refractivity (Wildman–Crippen MR) is 77.9 cm³/mol. The molecule has 18 heavy (non-hydrogen) atoms. The van der Waals surface area contributed by atoms with E-state index in [1.807, 2.05) is 0 Å². The molecule has 1 atom stereocenters. The van der Waals surface area contributed by atoms with E-state index in [9.17, 15) is 0 Å².